The van der Waals surface area contributed by atoms with Gasteiger partial charge in [-0.2, -0.15) is 0 Å². The Morgan fingerprint density at radius 3 is 1.80 bits per heavy atom. The number of phenolic OH excluding ortho intramolecular Hbond substituents is 2. The lowest BCUT2D eigenvalue weighted by Crippen LogP contribution is -1.91. The molecule has 0 saturated heterocycles. The highest BCUT2D eigenvalue weighted by Gasteiger charge is 2.00. The van der Waals surface area contributed by atoms with Gasteiger partial charge in [0.15, 0.2) is 0 Å². The molecule has 108 valence electrons. The fourth-order valence-corrected chi connectivity index (χ4v) is 1.65. The number of hydrogen-bond acceptors (Lipinski definition) is 4. The third kappa shape index (κ3) is 3.57. The van der Waals surface area contributed by atoms with Gasteiger partial charge in [-0.25, -0.2) is 0 Å². The largest absolute Gasteiger partial charge is 0.508 e. The van der Waals surface area contributed by atoms with Gasteiger partial charge in [0.1, 0.15) is 11.5 Å². The third-order valence-electron chi connectivity index (χ3n) is 3.39. The summed E-state index contributed by atoms with van der Waals surface area (Å²) in [4.78, 5) is 0. The monoisotopic (exact) mass is 274 g/mol. The van der Waals surface area contributed by atoms with Crippen molar-refractivity contribution in [2.45, 2.75) is 27.7 Å². The standard InChI is InChI=1S/2C8H11NO/c1-5-4-8(10)6(2)3-7(5)9;1-5-6(2)8(10)4-3-7(5)9/h2*3-4,10H,9H2,1-2H3. The molecule has 6 N–H and O–H groups in total. The number of rotatable bonds is 0. The van der Waals surface area contributed by atoms with Crippen LogP contribution in [0, 0.1) is 27.7 Å². The van der Waals surface area contributed by atoms with Crippen LogP contribution in [0.15, 0.2) is 24.3 Å². The molecule has 2 aromatic rings. The summed E-state index contributed by atoms with van der Waals surface area (Å²) in [5.41, 5.74) is 16.2. The van der Waals surface area contributed by atoms with Crippen molar-refractivity contribution >= 4 is 11.4 Å². The van der Waals surface area contributed by atoms with E-state index in [0.717, 1.165) is 33.6 Å². The summed E-state index contributed by atoms with van der Waals surface area (Å²) < 4.78 is 0. The second-order valence-corrected chi connectivity index (χ2v) is 4.92. The number of phenols is 2. The maximum Gasteiger partial charge on any atom is 0.118 e. The van der Waals surface area contributed by atoms with Gasteiger partial charge < -0.3 is 21.7 Å². The molecule has 0 aliphatic rings. The molecule has 0 spiro atoms. The number of benzene rings is 2. The van der Waals surface area contributed by atoms with E-state index in [-0.39, 0.29) is 0 Å². The molecule has 0 amide bonds. The van der Waals surface area contributed by atoms with Crippen molar-refractivity contribution in [2.24, 2.45) is 0 Å². The van der Waals surface area contributed by atoms with Crippen LogP contribution in [0.2, 0.25) is 0 Å². The summed E-state index contributed by atoms with van der Waals surface area (Å²) in [5.74, 6) is 0.624. The molecule has 4 heteroatoms. The van der Waals surface area contributed by atoms with Gasteiger partial charge >= 0.3 is 0 Å². The molecule has 0 heterocycles. The Bertz CT molecular complexity index is 545. The molecule has 0 fully saturated rings. The molecular formula is C16H22N2O2. The zero-order valence-corrected chi connectivity index (χ0v) is 12.4. The molecule has 2 rings (SSSR count). The Morgan fingerprint density at radius 2 is 1.30 bits per heavy atom. The molecule has 0 unspecified atom stereocenters. The first-order chi connectivity index (χ1) is 9.23. The fourth-order valence-electron chi connectivity index (χ4n) is 1.65. The van der Waals surface area contributed by atoms with E-state index in [2.05, 4.69) is 0 Å². The Hall–Kier alpha value is -2.36. The Kier molecular flexibility index (Phi) is 4.86. The second kappa shape index (κ2) is 6.19. The molecule has 0 aromatic heterocycles. The summed E-state index contributed by atoms with van der Waals surface area (Å²) in [7, 11) is 0. The lowest BCUT2D eigenvalue weighted by Gasteiger charge is -2.04. The van der Waals surface area contributed by atoms with Crippen LogP contribution in [0.1, 0.15) is 22.3 Å². The predicted octanol–water partition coefficient (Wildman–Crippen LogP) is 3.18. The molecule has 4 nitrogen and oxygen atoms in total. The first-order valence-corrected chi connectivity index (χ1v) is 6.34. The lowest BCUT2D eigenvalue weighted by atomic mass is 10.1. The second-order valence-electron chi connectivity index (χ2n) is 4.92. The van der Waals surface area contributed by atoms with Crippen LogP contribution < -0.4 is 11.5 Å². The molecule has 20 heavy (non-hydrogen) atoms. The van der Waals surface area contributed by atoms with Crippen LogP contribution in [-0.4, -0.2) is 10.2 Å². The van der Waals surface area contributed by atoms with Gasteiger partial charge in [0.25, 0.3) is 0 Å². The van der Waals surface area contributed by atoms with E-state index >= 15 is 0 Å². The lowest BCUT2D eigenvalue weighted by molar-refractivity contribution is 0.470. The summed E-state index contributed by atoms with van der Waals surface area (Å²) in [6.07, 6.45) is 0. The third-order valence-corrected chi connectivity index (χ3v) is 3.39. The van der Waals surface area contributed by atoms with Crippen molar-refractivity contribution in [2.75, 3.05) is 11.5 Å². The van der Waals surface area contributed by atoms with Crippen LogP contribution in [0.5, 0.6) is 11.5 Å². The first-order valence-electron chi connectivity index (χ1n) is 6.34. The SMILES string of the molecule is Cc1c(N)ccc(O)c1C.Cc1cc(O)c(C)cc1N. The molecule has 0 saturated carbocycles. The van der Waals surface area contributed by atoms with Crippen molar-refractivity contribution in [1.29, 1.82) is 0 Å². The van der Waals surface area contributed by atoms with Crippen molar-refractivity contribution in [1.82, 2.24) is 0 Å². The Morgan fingerprint density at radius 1 is 0.700 bits per heavy atom. The molecule has 0 bridgehead atoms. The zero-order valence-electron chi connectivity index (χ0n) is 12.4. The van der Waals surface area contributed by atoms with Gasteiger partial charge in [-0.15, -0.1) is 0 Å². The van der Waals surface area contributed by atoms with Crippen LogP contribution in [0.4, 0.5) is 11.4 Å². The van der Waals surface area contributed by atoms with Gasteiger partial charge in [-0.3, -0.25) is 0 Å². The summed E-state index contributed by atoms with van der Waals surface area (Å²) in [6.45, 7) is 7.44. The van der Waals surface area contributed by atoms with Gasteiger partial charge in [0, 0.05) is 11.4 Å². The van der Waals surface area contributed by atoms with E-state index < -0.39 is 0 Å². The van der Waals surface area contributed by atoms with Crippen LogP contribution in [0.3, 0.4) is 0 Å². The van der Waals surface area contributed by atoms with E-state index in [4.69, 9.17) is 21.7 Å². The molecule has 0 aliphatic carbocycles. The van der Waals surface area contributed by atoms with Gasteiger partial charge in [-0.05, 0) is 74.2 Å². The average molecular weight is 274 g/mol. The maximum atomic E-state index is 9.17. The van der Waals surface area contributed by atoms with E-state index in [1.165, 1.54) is 0 Å². The van der Waals surface area contributed by atoms with E-state index in [1.54, 1.807) is 24.3 Å². The number of nitrogens with two attached hydrogens (primary N) is 2. The number of aryl methyl sites for hydroxylation is 2. The molecular weight excluding hydrogens is 252 g/mol. The Labute approximate surface area is 119 Å². The van der Waals surface area contributed by atoms with Crippen LogP contribution >= 0.6 is 0 Å². The van der Waals surface area contributed by atoms with Crippen molar-refractivity contribution in [3.63, 3.8) is 0 Å². The number of anilines is 2. The fraction of sp³-hybridized carbons (Fsp3) is 0.250. The zero-order chi connectivity index (χ0) is 15.4. The smallest absolute Gasteiger partial charge is 0.118 e. The minimum atomic E-state index is 0.312. The van der Waals surface area contributed by atoms with Gasteiger partial charge in [0.05, 0.1) is 0 Å². The van der Waals surface area contributed by atoms with E-state index in [1.807, 2.05) is 27.7 Å². The van der Waals surface area contributed by atoms with Gasteiger partial charge in [-0.1, -0.05) is 0 Å². The number of aromatic hydroxyl groups is 2. The first kappa shape index (κ1) is 15.7. The summed E-state index contributed by atoms with van der Waals surface area (Å²) >= 11 is 0. The van der Waals surface area contributed by atoms with E-state index in [9.17, 15) is 0 Å². The average Bonchev–Trinajstić information content (AvgIpc) is 2.39. The summed E-state index contributed by atoms with van der Waals surface area (Å²) in [6, 6.07) is 6.75. The van der Waals surface area contributed by atoms with Crippen LogP contribution in [-0.2, 0) is 0 Å². The van der Waals surface area contributed by atoms with E-state index in [0.29, 0.717) is 11.5 Å². The topological polar surface area (TPSA) is 92.5 Å². The van der Waals surface area contributed by atoms with Gasteiger partial charge in [0.2, 0.25) is 0 Å². The maximum absolute atomic E-state index is 9.17. The van der Waals surface area contributed by atoms with Crippen LogP contribution in [0.25, 0.3) is 0 Å². The minimum absolute atomic E-state index is 0.312. The highest BCUT2D eigenvalue weighted by atomic mass is 16.3. The number of hydrogen-bond donors (Lipinski definition) is 4. The van der Waals surface area contributed by atoms with Crippen molar-refractivity contribution < 1.29 is 10.2 Å². The predicted molar refractivity (Wildman–Crippen MR) is 84.0 cm³/mol. The minimum Gasteiger partial charge on any atom is -0.508 e. The molecule has 2 aromatic carbocycles. The normalized spacial score (nSPS) is 9.80. The Balaban J connectivity index is 0.000000200. The quantitative estimate of drug-likeness (QED) is 0.438. The molecule has 0 aliphatic heterocycles. The van der Waals surface area contributed by atoms with Crippen molar-refractivity contribution in [3.05, 3.63) is 46.5 Å². The molecule has 0 atom stereocenters. The highest BCUT2D eigenvalue weighted by Crippen LogP contribution is 2.23. The summed E-state index contributed by atoms with van der Waals surface area (Å²) in [5, 5.41) is 18.3. The number of nitrogen functional groups attached to an aromatic ring is 2. The highest BCUT2D eigenvalue weighted by molar-refractivity contribution is 5.54. The molecule has 0 radical (unpaired) electrons. The van der Waals surface area contributed by atoms with Crippen molar-refractivity contribution in [3.8, 4) is 11.5 Å².